The fourth-order valence-corrected chi connectivity index (χ4v) is 5.38. The van der Waals surface area contributed by atoms with E-state index in [2.05, 4.69) is 15.4 Å². The summed E-state index contributed by atoms with van der Waals surface area (Å²) in [6, 6.07) is 5.65. The molecule has 1 saturated carbocycles. The summed E-state index contributed by atoms with van der Waals surface area (Å²) in [7, 11) is -2.06. The predicted octanol–water partition coefficient (Wildman–Crippen LogP) is 1.58. The van der Waals surface area contributed by atoms with Gasteiger partial charge in [-0.3, -0.25) is 9.59 Å². The molecule has 3 rings (SSSR count). The fraction of sp³-hybridized carbons (Fsp3) is 0.652. The summed E-state index contributed by atoms with van der Waals surface area (Å²) in [5.74, 6) is 0.287. The first-order valence-electron chi connectivity index (χ1n) is 11.6. The summed E-state index contributed by atoms with van der Waals surface area (Å²) in [4.78, 5) is 25.0. The molecule has 2 fully saturated rings. The van der Waals surface area contributed by atoms with Crippen molar-refractivity contribution in [3.8, 4) is 5.75 Å². The fourth-order valence-electron chi connectivity index (χ4n) is 4.26. The molecular weight excluding hydrogens is 446 g/mol. The van der Waals surface area contributed by atoms with Gasteiger partial charge in [0.2, 0.25) is 21.8 Å². The normalized spacial score (nSPS) is 24.1. The molecule has 184 valence electrons. The number of methoxy groups -OCH3 is 1. The molecule has 3 N–H and O–H groups in total. The van der Waals surface area contributed by atoms with E-state index in [9.17, 15) is 18.0 Å². The molecule has 2 aliphatic rings. The molecule has 1 aliphatic heterocycles. The number of carbonyl (C=O) groups excluding carboxylic acids is 2. The van der Waals surface area contributed by atoms with Crippen molar-refractivity contribution in [2.24, 2.45) is 11.8 Å². The number of hydrogen-bond acceptors (Lipinski definition) is 6. The average Bonchev–Trinajstić information content (AvgIpc) is 3.35. The van der Waals surface area contributed by atoms with E-state index in [0.29, 0.717) is 31.7 Å². The van der Waals surface area contributed by atoms with Crippen molar-refractivity contribution in [3.63, 3.8) is 0 Å². The Morgan fingerprint density at radius 3 is 2.39 bits per heavy atom. The van der Waals surface area contributed by atoms with Crippen molar-refractivity contribution in [2.75, 3.05) is 26.8 Å². The molecule has 2 amide bonds. The Bertz CT molecular complexity index is 891. The number of amides is 2. The van der Waals surface area contributed by atoms with E-state index < -0.39 is 16.1 Å². The van der Waals surface area contributed by atoms with Crippen molar-refractivity contribution in [2.45, 2.75) is 62.5 Å². The quantitative estimate of drug-likeness (QED) is 0.466. The number of hydrogen-bond donors (Lipinski definition) is 3. The lowest BCUT2D eigenvalue weighted by Gasteiger charge is -2.28. The number of ether oxygens (including phenoxy) is 2. The van der Waals surface area contributed by atoms with Crippen molar-refractivity contribution in [1.29, 1.82) is 0 Å². The van der Waals surface area contributed by atoms with Crippen LogP contribution < -0.4 is 20.1 Å². The highest BCUT2D eigenvalue weighted by Crippen LogP contribution is 2.29. The molecule has 33 heavy (non-hydrogen) atoms. The largest absolute Gasteiger partial charge is 0.497 e. The Labute approximate surface area is 196 Å². The third kappa shape index (κ3) is 7.41. The van der Waals surface area contributed by atoms with Gasteiger partial charge in [-0.05, 0) is 75.6 Å². The second-order valence-corrected chi connectivity index (χ2v) is 10.6. The van der Waals surface area contributed by atoms with Crippen LogP contribution in [0.4, 0.5) is 0 Å². The maximum absolute atomic E-state index is 12.6. The smallest absolute Gasteiger partial charge is 0.242 e. The highest BCUT2D eigenvalue weighted by atomic mass is 32.2. The van der Waals surface area contributed by atoms with Crippen LogP contribution in [0.25, 0.3) is 0 Å². The van der Waals surface area contributed by atoms with Crippen LogP contribution in [0.1, 0.15) is 45.4 Å². The van der Waals surface area contributed by atoms with Crippen LogP contribution in [0.2, 0.25) is 0 Å². The van der Waals surface area contributed by atoms with E-state index in [0.717, 1.165) is 32.3 Å². The van der Waals surface area contributed by atoms with Gasteiger partial charge in [-0.1, -0.05) is 0 Å². The monoisotopic (exact) mass is 481 g/mol. The van der Waals surface area contributed by atoms with Gasteiger partial charge in [-0.2, -0.15) is 0 Å². The molecule has 1 saturated heterocycles. The second-order valence-electron chi connectivity index (χ2n) is 8.86. The van der Waals surface area contributed by atoms with Crippen molar-refractivity contribution in [3.05, 3.63) is 24.3 Å². The van der Waals surface area contributed by atoms with E-state index in [4.69, 9.17) is 9.47 Å². The first-order valence-corrected chi connectivity index (χ1v) is 13.1. The van der Waals surface area contributed by atoms with Gasteiger partial charge < -0.3 is 20.1 Å². The van der Waals surface area contributed by atoms with Crippen molar-refractivity contribution < 1.29 is 27.5 Å². The highest BCUT2D eigenvalue weighted by Gasteiger charge is 2.29. The summed E-state index contributed by atoms with van der Waals surface area (Å²) < 4.78 is 38.2. The van der Waals surface area contributed by atoms with Crippen LogP contribution >= 0.6 is 0 Å². The van der Waals surface area contributed by atoms with Gasteiger partial charge in [0.05, 0.1) is 18.1 Å². The van der Waals surface area contributed by atoms with Gasteiger partial charge in [0.1, 0.15) is 11.8 Å². The Morgan fingerprint density at radius 1 is 1.09 bits per heavy atom. The SMILES string of the molecule is COc1ccc(S(=O)(=O)NCC2CCC(C(=O)N[C@@H](C)C(=O)NC[C@H]3CCCO3)CC2)cc1. The third-order valence-electron chi connectivity index (χ3n) is 6.43. The van der Waals surface area contributed by atoms with Crippen LogP contribution in [0.3, 0.4) is 0 Å². The first-order chi connectivity index (χ1) is 15.8. The maximum Gasteiger partial charge on any atom is 0.242 e. The molecule has 0 spiro atoms. The van der Waals surface area contributed by atoms with E-state index in [1.807, 2.05) is 0 Å². The molecule has 0 bridgehead atoms. The summed E-state index contributed by atoms with van der Waals surface area (Å²) in [6.45, 7) is 3.22. The van der Waals surface area contributed by atoms with Crippen LogP contribution in [0, 0.1) is 11.8 Å². The Morgan fingerprint density at radius 2 is 1.79 bits per heavy atom. The number of nitrogens with one attached hydrogen (secondary N) is 3. The lowest BCUT2D eigenvalue weighted by Crippen LogP contribution is -2.48. The molecule has 9 nitrogen and oxygen atoms in total. The summed E-state index contributed by atoms with van der Waals surface area (Å²) in [5.41, 5.74) is 0. The first kappa shape index (κ1) is 25.5. The molecule has 0 aromatic heterocycles. The van der Waals surface area contributed by atoms with Gasteiger partial charge in [-0.15, -0.1) is 0 Å². The molecule has 1 aromatic rings. The zero-order valence-electron chi connectivity index (χ0n) is 19.3. The molecule has 1 aromatic carbocycles. The van der Waals surface area contributed by atoms with E-state index >= 15 is 0 Å². The van der Waals surface area contributed by atoms with E-state index in [-0.39, 0.29) is 34.6 Å². The van der Waals surface area contributed by atoms with Crippen LogP contribution in [0.15, 0.2) is 29.2 Å². The van der Waals surface area contributed by atoms with Gasteiger partial charge in [0.15, 0.2) is 0 Å². The number of carbonyl (C=O) groups is 2. The summed E-state index contributed by atoms with van der Waals surface area (Å²) >= 11 is 0. The minimum atomic E-state index is -3.59. The number of rotatable bonds is 10. The average molecular weight is 482 g/mol. The Hall–Kier alpha value is -2.17. The zero-order valence-corrected chi connectivity index (χ0v) is 20.2. The molecule has 2 atom stereocenters. The lowest BCUT2D eigenvalue weighted by atomic mass is 9.81. The van der Waals surface area contributed by atoms with Crippen molar-refractivity contribution >= 4 is 21.8 Å². The number of sulfonamides is 1. The molecule has 0 unspecified atom stereocenters. The predicted molar refractivity (Wildman–Crippen MR) is 123 cm³/mol. The standard InChI is InChI=1S/C23H35N3O6S/c1-16(22(27)24-15-20-4-3-13-32-20)26-23(28)18-7-5-17(6-8-18)14-25-33(29,30)21-11-9-19(31-2)10-12-21/h9-12,16-18,20,25H,3-8,13-15H2,1-2H3,(H,24,27)(H,26,28)/t16-,17?,18?,20+/m0/s1. The minimum Gasteiger partial charge on any atom is -0.497 e. The van der Waals surface area contributed by atoms with E-state index in [1.54, 1.807) is 19.1 Å². The van der Waals surface area contributed by atoms with Crippen LogP contribution in [-0.4, -0.2) is 59.2 Å². The molecule has 1 aliphatic carbocycles. The topological polar surface area (TPSA) is 123 Å². The highest BCUT2D eigenvalue weighted by molar-refractivity contribution is 7.89. The number of benzene rings is 1. The molecular formula is C23H35N3O6S. The molecule has 10 heteroatoms. The van der Waals surface area contributed by atoms with E-state index in [1.165, 1.54) is 19.2 Å². The Balaban J connectivity index is 1.37. The van der Waals surface area contributed by atoms with Crippen LogP contribution in [-0.2, 0) is 24.3 Å². The zero-order chi connectivity index (χ0) is 23.8. The van der Waals surface area contributed by atoms with Gasteiger partial charge >= 0.3 is 0 Å². The summed E-state index contributed by atoms with van der Waals surface area (Å²) in [6.07, 6.45) is 4.87. The second kappa shape index (κ2) is 11.8. The minimum absolute atomic E-state index is 0.0641. The van der Waals surface area contributed by atoms with Gasteiger partial charge in [0.25, 0.3) is 0 Å². The van der Waals surface area contributed by atoms with Gasteiger partial charge in [-0.25, -0.2) is 13.1 Å². The van der Waals surface area contributed by atoms with Crippen molar-refractivity contribution in [1.82, 2.24) is 15.4 Å². The summed E-state index contributed by atoms with van der Waals surface area (Å²) in [5, 5.41) is 5.65. The maximum atomic E-state index is 12.6. The Kier molecular flexibility index (Phi) is 9.10. The van der Waals surface area contributed by atoms with Crippen LogP contribution in [0.5, 0.6) is 5.75 Å². The lowest BCUT2D eigenvalue weighted by molar-refractivity contribution is -0.131. The molecule has 0 radical (unpaired) electrons. The molecule has 1 heterocycles. The third-order valence-corrected chi connectivity index (χ3v) is 7.87. The van der Waals surface area contributed by atoms with Gasteiger partial charge in [0, 0.05) is 25.6 Å².